The van der Waals surface area contributed by atoms with Gasteiger partial charge in [-0.2, -0.15) is 0 Å². The fourth-order valence-electron chi connectivity index (χ4n) is 2.70. The lowest BCUT2D eigenvalue weighted by Crippen LogP contribution is -2.17. The number of ketones is 1. The van der Waals surface area contributed by atoms with E-state index in [2.05, 4.69) is 4.98 Å². The summed E-state index contributed by atoms with van der Waals surface area (Å²) in [6.07, 6.45) is 5.47. The van der Waals surface area contributed by atoms with Gasteiger partial charge in [-0.15, -0.1) is 0 Å². The summed E-state index contributed by atoms with van der Waals surface area (Å²) in [7, 11) is 0. The minimum atomic E-state index is -0.479. The number of oxazole rings is 1. The van der Waals surface area contributed by atoms with Crippen molar-refractivity contribution < 1.29 is 9.21 Å². The van der Waals surface area contributed by atoms with E-state index in [1.807, 2.05) is 0 Å². The predicted octanol–water partition coefficient (Wildman–Crippen LogP) is 2.88. The zero-order valence-corrected chi connectivity index (χ0v) is 10.1. The van der Waals surface area contributed by atoms with E-state index in [0.29, 0.717) is 16.7 Å². The average Bonchev–Trinajstić information content (AvgIpc) is 2.78. The highest BCUT2D eigenvalue weighted by molar-refractivity contribution is 6.00. The summed E-state index contributed by atoms with van der Waals surface area (Å²) in [5.74, 6) is -0.158. The van der Waals surface area contributed by atoms with Crippen LogP contribution in [-0.2, 0) is 0 Å². The Labute approximate surface area is 104 Å². The van der Waals surface area contributed by atoms with Gasteiger partial charge in [0, 0.05) is 11.5 Å². The first kappa shape index (κ1) is 11.3. The first-order valence-electron chi connectivity index (χ1n) is 6.41. The van der Waals surface area contributed by atoms with Crippen LogP contribution in [0.5, 0.6) is 0 Å². The van der Waals surface area contributed by atoms with Crippen molar-refractivity contribution in [3.63, 3.8) is 0 Å². The van der Waals surface area contributed by atoms with Crippen LogP contribution in [0.2, 0.25) is 0 Å². The molecule has 1 saturated carbocycles. The van der Waals surface area contributed by atoms with E-state index in [9.17, 15) is 9.59 Å². The summed E-state index contributed by atoms with van der Waals surface area (Å²) >= 11 is 0. The number of aromatic nitrogens is 1. The fraction of sp³-hybridized carbons (Fsp3) is 0.429. The van der Waals surface area contributed by atoms with Gasteiger partial charge in [0.1, 0.15) is 0 Å². The molecule has 1 N–H and O–H groups in total. The number of carbonyl (C=O) groups excluding carboxylic acids is 1. The van der Waals surface area contributed by atoms with Crippen LogP contribution in [0.25, 0.3) is 11.1 Å². The summed E-state index contributed by atoms with van der Waals surface area (Å²) in [6.45, 7) is 0. The van der Waals surface area contributed by atoms with Crippen molar-refractivity contribution in [2.45, 2.75) is 32.1 Å². The highest BCUT2D eigenvalue weighted by Crippen LogP contribution is 2.27. The van der Waals surface area contributed by atoms with Gasteiger partial charge in [0.25, 0.3) is 0 Å². The van der Waals surface area contributed by atoms with Crippen LogP contribution in [0.4, 0.5) is 0 Å². The van der Waals surface area contributed by atoms with Gasteiger partial charge in [-0.25, -0.2) is 4.79 Å². The van der Waals surface area contributed by atoms with Crippen LogP contribution in [0.3, 0.4) is 0 Å². The lowest BCUT2D eigenvalue weighted by molar-refractivity contribution is 0.0889. The Bertz CT molecular complexity index is 632. The number of H-pyrrole nitrogens is 1. The SMILES string of the molecule is O=C(c1ccc2[nH]c(=O)oc2c1)C1CCCCC1. The highest BCUT2D eigenvalue weighted by atomic mass is 16.4. The fourth-order valence-corrected chi connectivity index (χ4v) is 2.70. The third kappa shape index (κ3) is 1.98. The smallest absolute Gasteiger partial charge is 0.408 e. The normalized spacial score (nSPS) is 17.1. The van der Waals surface area contributed by atoms with Crippen molar-refractivity contribution >= 4 is 16.9 Å². The van der Waals surface area contributed by atoms with Crippen molar-refractivity contribution in [2.75, 3.05) is 0 Å². The molecular formula is C14H15NO3. The van der Waals surface area contributed by atoms with Crippen molar-refractivity contribution in [2.24, 2.45) is 5.92 Å². The van der Waals surface area contributed by atoms with E-state index in [1.54, 1.807) is 18.2 Å². The molecule has 1 aliphatic carbocycles. The molecule has 0 spiro atoms. The van der Waals surface area contributed by atoms with Crippen LogP contribution in [0, 0.1) is 5.92 Å². The zero-order valence-electron chi connectivity index (χ0n) is 10.1. The summed E-state index contributed by atoms with van der Waals surface area (Å²) in [5, 5.41) is 0. The molecule has 0 saturated heterocycles. The second-order valence-corrected chi connectivity index (χ2v) is 4.92. The van der Waals surface area contributed by atoms with E-state index in [4.69, 9.17) is 4.42 Å². The maximum absolute atomic E-state index is 12.3. The standard InChI is InChI=1S/C14H15NO3/c16-13(9-4-2-1-3-5-9)10-6-7-11-12(8-10)18-14(17)15-11/h6-9H,1-5H2,(H,15,17). The topological polar surface area (TPSA) is 63.1 Å². The molecule has 1 aromatic heterocycles. The quantitative estimate of drug-likeness (QED) is 0.827. The molecule has 0 bridgehead atoms. The van der Waals surface area contributed by atoms with E-state index < -0.39 is 5.76 Å². The van der Waals surface area contributed by atoms with Gasteiger partial charge >= 0.3 is 5.76 Å². The van der Waals surface area contributed by atoms with Crippen LogP contribution >= 0.6 is 0 Å². The first-order chi connectivity index (χ1) is 8.74. The van der Waals surface area contributed by atoms with E-state index in [-0.39, 0.29) is 11.7 Å². The van der Waals surface area contributed by atoms with Gasteiger partial charge in [0.15, 0.2) is 11.4 Å². The molecule has 0 unspecified atom stereocenters. The summed E-state index contributed by atoms with van der Waals surface area (Å²) in [4.78, 5) is 26.0. The Morgan fingerprint density at radius 1 is 1.22 bits per heavy atom. The van der Waals surface area contributed by atoms with Crippen LogP contribution in [-0.4, -0.2) is 10.8 Å². The second kappa shape index (κ2) is 4.44. The monoisotopic (exact) mass is 245 g/mol. The lowest BCUT2D eigenvalue weighted by Gasteiger charge is -2.20. The Balaban J connectivity index is 1.92. The minimum absolute atomic E-state index is 0.141. The Kier molecular flexibility index (Phi) is 2.78. The first-order valence-corrected chi connectivity index (χ1v) is 6.41. The molecule has 1 aliphatic rings. The van der Waals surface area contributed by atoms with Crippen LogP contribution in [0.1, 0.15) is 42.5 Å². The molecule has 3 rings (SSSR count). The molecule has 2 aromatic rings. The second-order valence-electron chi connectivity index (χ2n) is 4.92. The molecule has 18 heavy (non-hydrogen) atoms. The molecule has 4 nitrogen and oxygen atoms in total. The molecule has 1 fully saturated rings. The van der Waals surface area contributed by atoms with Gasteiger partial charge in [0.05, 0.1) is 5.52 Å². The van der Waals surface area contributed by atoms with Gasteiger partial charge < -0.3 is 4.42 Å². The largest absolute Gasteiger partial charge is 0.417 e. The van der Waals surface area contributed by atoms with Crippen LogP contribution in [0.15, 0.2) is 27.4 Å². The number of hydrogen-bond donors (Lipinski definition) is 1. The van der Waals surface area contributed by atoms with Gasteiger partial charge in [0.2, 0.25) is 0 Å². The predicted molar refractivity (Wildman–Crippen MR) is 67.7 cm³/mol. The summed E-state index contributed by atoms with van der Waals surface area (Å²) < 4.78 is 4.98. The summed E-state index contributed by atoms with van der Waals surface area (Å²) in [5.41, 5.74) is 1.75. The number of Topliss-reactive ketones (excluding diaryl/α,β-unsaturated/α-hetero) is 1. The highest BCUT2D eigenvalue weighted by Gasteiger charge is 2.22. The Morgan fingerprint density at radius 2 is 2.00 bits per heavy atom. The van der Waals surface area contributed by atoms with Gasteiger partial charge in [-0.3, -0.25) is 9.78 Å². The molecule has 0 radical (unpaired) electrons. The third-order valence-corrected chi connectivity index (χ3v) is 3.68. The molecule has 4 heteroatoms. The summed E-state index contributed by atoms with van der Waals surface area (Å²) in [6, 6.07) is 5.17. The van der Waals surface area contributed by atoms with Crippen molar-refractivity contribution in [1.29, 1.82) is 0 Å². The van der Waals surface area contributed by atoms with Crippen molar-refractivity contribution in [3.8, 4) is 0 Å². The Hall–Kier alpha value is -1.84. The number of nitrogens with one attached hydrogen (secondary N) is 1. The van der Waals surface area contributed by atoms with Gasteiger partial charge in [-0.1, -0.05) is 19.3 Å². The van der Waals surface area contributed by atoms with E-state index in [1.165, 1.54) is 6.42 Å². The lowest BCUT2D eigenvalue weighted by atomic mass is 9.84. The van der Waals surface area contributed by atoms with E-state index >= 15 is 0 Å². The number of aromatic amines is 1. The molecule has 1 aromatic carbocycles. The maximum Gasteiger partial charge on any atom is 0.417 e. The average molecular weight is 245 g/mol. The van der Waals surface area contributed by atoms with E-state index in [0.717, 1.165) is 25.7 Å². The molecule has 0 atom stereocenters. The number of carbonyl (C=O) groups is 1. The number of rotatable bonds is 2. The van der Waals surface area contributed by atoms with Crippen molar-refractivity contribution in [1.82, 2.24) is 4.98 Å². The number of fused-ring (bicyclic) bond motifs is 1. The maximum atomic E-state index is 12.3. The molecule has 0 aliphatic heterocycles. The molecule has 94 valence electrons. The van der Waals surface area contributed by atoms with Crippen molar-refractivity contribution in [3.05, 3.63) is 34.3 Å². The Morgan fingerprint density at radius 3 is 2.78 bits per heavy atom. The molecule has 1 heterocycles. The minimum Gasteiger partial charge on any atom is -0.408 e. The molecular weight excluding hydrogens is 230 g/mol. The van der Waals surface area contributed by atoms with Crippen LogP contribution < -0.4 is 5.76 Å². The number of hydrogen-bond acceptors (Lipinski definition) is 3. The van der Waals surface area contributed by atoms with Gasteiger partial charge in [-0.05, 0) is 31.0 Å². The molecule has 0 amide bonds. The number of benzene rings is 1. The zero-order chi connectivity index (χ0) is 12.5. The third-order valence-electron chi connectivity index (χ3n) is 3.68.